The molecule has 230 valence electrons. The lowest BCUT2D eigenvalue weighted by atomic mass is 9.90. The Morgan fingerprint density at radius 1 is 1.17 bits per heavy atom. The molecule has 0 bridgehead atoms. The second-order valence-corrected chi connectivity index (χ2v) is 12.0. The molecule has 4 aliphatic rings. The van der Waals surface area contributed by atoms with Crippen molar-refractivity contribution in [3.63, 3.8) is 0 Å². The van der Waals surface area contributed by atoms with Crippen molar-refractivity contribution in [2.45, 2.75) is 89.6 Å². The Kier molecular flexibility index (Phi) is 9.42. The summed E-state index contributed by atoms with van der Waals surface area (Å²) in [5.74, 6) is -0.142. The minimum absolute atomic E-state index is 0.0241. The highest BCUT2D eigenvalue weighted by Gasteiger charge is 2.44. The first kappa shape index (κ1) is 30.4. The van der Waals surface area contributed by atoms with E-state index in [1.165, 1.54) is 0 Å². The number of amides is 3. The molecular weight excluding hydrogens is 530 g/mol. The molecule has 10 nitrogen and oxygen atoms in total. The first-order valence-corrected chi connectivity index (χ1v) is 16.0. The van der Waals surface area contributed by atoms with Gasteiger partial charge in [0, 0.05) is 74.9 Å². The minimum Gasteiger partial charge on any atom is -0.363 e. The SMILES string of the molecule is CCOC1(c2cccnc2)C=CC(N2CCN(C(=O)N3CCCC3(CC)CC)C[C@H]2CC)=C(C(=O)N[C@@H]2CCNC2)N1. The number of ether oxygens (including phenoxy) is 1. The molecule has 4 aliphatic heterocycles. The highest BCUT2D eigenvalue weighted by molar-refractivity contribution is 5.94. The van der Waals surface area contributed by atoms with Crippen LogP contribution in [0.15, 0.2) is 48.1 Å². The number of pyridine rings is 1. The second-order valence-electron chi connectivity index (χ2n) is 12.0. The van der Waals surface area contributed by atoms with Gasteiger partial charge in [0.05, 0.1) is 5.70 Å². The summed E-state index contributed by atoms with van der Waals surface area (Å²) in [4.78, 5) is 38.6. The Morgan fingerprint density at radius 2 is 2.00 bits per heavy atom. The standard InChI is InChI=1S/C32H49N7O3/c1-5-26-23-37(30(41)39-18-10-14-31(39,6-2)7-3)19-20-38(26)27-12-15-32(42-8-4,24-11-9-16-33-21-24)36-28(27)29(40)35-25-13-17-34-22-25/h9,11-12,15-16,21,25-26,34,36H,5-8,10,13-14,17-20,22-23H2,1-4H3,(H,35,40)/t25-,26-,32?/m1/s1. The lowest BCUT2D eigenvalue weighted by Crippen LogP contribution is -2.60. The fourth-order valence-electron chi connectivity index (χ4n) is 7.25. The van der Waals surface area contributed by atoms with Gasteiger partial charge in [0.15, 0.2) is 5.72 Å². The zero-order valence-electron chi connectivity index (χ0n) is 25.8. The number of urea groups is 1. The fraction of sp³-hybridized carbons (Fsp3) is 0.656. The van der Waals surface area contributed by atoms with Crippen LogP contribution in [0.5, 0.6) is 0 Å². The van der Waals surface area contributed by atoms with Crippen LogP contribution in [0.4, 0.5) is 4.79 Å². The summed E-state index contributed by atoms with van der Waals surface area (Å²) in [6, 6.07) is 4.17. The molecular formula is C32H49N7O3. The van der Waals surface area contributed by atoms with Crippen LogP contribution in [-0.2, 0) is 15.3 Å². The van der Waals surface area contributed by atoms with Gasteiger partial charge < -0.3 is 35.4 Å². The van der Waals surface area contributed by atoms with E-state index in [2.05, 4.69) is 51.5 Å². The number of rotatable bonds is 9. The minimum atomic E-state index is -1.01. The number of likely N-dealkylation sites (tertiary alicyclic amines) is 1. The highest BCUT2D eigenvalue weighted by Crippen LogP contribution is 2.37. The smallest absolute Gasteiger partial charge is 0.320 e. The predicted octanol–water partition coefficient (Wildman–Crippen LogP) is 3.29. The molecule has 0 spiro atoms. The Hall–Kier alpha value is -3.11. The van der Waals surface area contributed by atoms with E-state index in [9.17, 15) is 9.59 Å². The van der Waals surface area contributed by atoms with Gasteiger partial charge in [-0.1, -0.05) is 26.8 Å². The number of carbonyl (C=O) groups excluding carboxylic acids is 2. The molecule has 5 rings (SSSR count). The monoisotopic (exact) mass is 579 g/mol. The summed E-state index contributed by atoms with van der Waals surface area (Å²) in [6.45, 7) is 13.4. The van der Waals surface area contributed by atoms with E-state index in [1.54, 1.807) is 12.4 Å². The highest BCUT2D eigenvalue weighted by atomic mass is 16.5. The number of hydrogen-bond acceptors (Lipinski definition) is 7. The third-order valence-electron chi connectivity index (χ3n) is 9.81. The maximum Gasteiger partial charge on any atom is 0.320 e. The van der Waals surface area contributed by atoms with Gasteiger partial charge in [-0.15, -0.1) is 0 Å². The van der Waals surface area contributed by atoms with Crippen molar-refractivity contribution < 1.29 is 14.3 Å². The Morgan fingerprint density at radius 3 is 2.67 bits per heavy atom. The second kappa shape index (κ2) is 13.0. The number of allylic oxidation sites excluding steroid dienone is 1. The van der Waals surface area contributed by atoms with Gasteiger partial charge in [-0.2, -0.15) is 0 Å². The van der Waals surface area contributed by atoms with Crippen LogP contribution in [0.3, 0.4) is 0 Å². The molecule has 3 fully saturated rings. The zero-order chi connectivity index (χ0) is 29.7. The molecule has 0 saturated carbocycles. The number of dihydropyridines is 1. The number of hydrogen-bond donors (Lipinski definition) is 3. The molecule has 3 saturated heterocycles. The number of nitrogens with one attached hydrogen (secondary N) is 3. The van der Waals surface area contributed by atoms with Gasteiger partial charge in [0.2, 0.25) is 0 Å². The van der Waals surface area contributed by atoms with Crippen molar-refractivity contribution in [1.29, 1.82) is 0 Å². The molecule has 5 heterocycles. The van der Waals surface area contributed by atoms with E-state index in [4.69, 9.17) is 4.74 Å². The van der Waals surface area contributed by atoms with Crippen LogP contribution < -0.4 is 16.0 Å². The molecule has 0 radical (unpaired) electrons. The number of piperazine rings is 1. The van der Waals surface area contributed by atoms with Crippen LogP contribution >= 0.6 is 0 Å². The molecule has 10 heteroatoms. The Bertz CT molecular complexity index is 1160. The number of carbonyl (C=O) groups is 2. The van der Waals surface area contributed by atoms with Gasteiger partial charge in [0.1, 0.15) is 5.70 Å². The molecule has 1 aromatic rings. The van der Waals surface area contributed by atoms with Crippen molar-refractivity contribution in [3.05, 3.63) is 53.6 Å². The molecule has 3 amide bonds. The number of nitrogens with zero attached hydrogens (tertiary/aromatic N) is 4. The molecule has 1 unspecified atom stereocenters. The van der Waals surface area contributed by atoms with E-state index >= 15 is 0 Å². The average Bonchev–Trinajstić information content (AvgIpc) is 3.71. The molecule has 42 heavy (non-hydrogen) atoms. The summed E-state index contributed by atoms with van der Waals surface area (Å²) in [7, 11) is 0. The normalized spacial score (nSPS) is 27.4. The molecule has 3 N–H and O–H groups in total. The van der Waals surface area contributed by atoms with E-state index in [1.807, 2.05) is 36.1 Å². The maximum atomic E-state index is 13.9. The Balaban J connectivity index is 1.43. The van der Waals surface area contributed by atoms with Crippen LogP contribution in [0.1, 0.15) is 71.8 Å². The van der Waals surface area contributed by atoms with Crippen molar-refractivity contribution >= 4 is 11.9 Å². The predicted molar refractivity (Wildman–Crippen MR) is 163 cm³/mol. The average molecular weight is 580 g/mol. The fourth-order valence-corrected chi connectivity index (χ4v) is 7.25. The van der Waals surface area contributed by atoms with E-state index < -0.39 is 5.72 Å². The molecule has 1 aromatic heterocycles. The third kappa shape index (κ3) is 5.75. The summed E-state index contributed by atoms with van der Waals surface area (Å²) in [6.07, 6.45) is 13.4. The van der Waals surface area contributed by atoms with Gasteiger partial charge in [-0.25, -0.2) is 4.79 Å². The van der Waals surface area contributed by atoms with Crippen LogP contribution in [0.25, 0.3) is 0 Å². The lowest BCUT2D eigenvalue weighted by Gasteiger charge is -2.48. The maximum absolute atomic E-state index is 13.9. The van der Waals surface area contributed by atoms with Gasteiger partial charge >= 0.3 is 6.03 Å². The topological polar surface area (TPSA) is 102 Å². The quantitative estimate of drug-likeness (QED) is 0.413. The van der Waals surface area contributed by atoms with Crippen molar-refractivity contribution in [1.82, 2.24) is 35.6 Å². The van der Waals surface area contributed by atoms with Crippen LogP contribution in [-0.4, -0.2) is 95.1 Å². The number of aromatic nitrogens is 1. The van der Waals surface area contributed by atoms with E-state index in [0.717, 1.165) is 69.4 Å². The van der Waals surface area contributed by atoms with E-state index in [0.29, 0.717) is 31.9 Å². The van der Waals surface area contributed by atoms with Gasteiger partial charge in [0.25, 0.3) is 5.91 Å². The molecule has 0 aromatic carbocycles. The summed E-state index contributed by atoms with van der Waals surface area (Å²) >= 11 is 0. The molecule has 3 atom stereocenters. The van der Waals surface area contributed by atoms with Crippen molar-refractivity contribution in [2.24, 2.45) is 0 Å². The summed E-state index contributed by atoms with van der Waals surface area (Å²) in [5.41, 5.74) is 1.14. The zero-order valence-corrected chi connectivity index (χ0v) is 25.8. The largest absolute Gasteiger partial charge is 0.363 e. The van der Waals surface area contributed by atoms with Crippen molar-refractivity contribution in [2.75, 3.05) is 45.9 Å². The van der Waals surface area contributed by atoms with Gasteiger partial charge in [-0.3, -0.25) is 9.78 Å². The summed E-state index contributed by atoms with van der Waals surface area (Å²) < 4.78 is 6.30. The van der Waals surface area contributed by atoms with Gasteiger partial charge in [-0.05, 0) is 70.2 Å². The summed E-state index contributed by atoms with van der Waals surface area (Å²) in [5, 5.41) is 10.1. The Labute approximate surface area is 250 Å². The lowest BCUT2D eigenvalue weighted by molar-refractivity contribution is -0.120. The first-order valence-electron chi connectivity index (χ1n) is 16.0. The third-order valence-corrected chi connectivity index (χ3v) is 9.81. The van der Waals surface area contributed by atoms with Crippen molar-refractivity contribution in [3.8, 4) is 0 Å². The molecule has 0 aliphatic carbocycles. The van der Waals surface area contributed by atoms with Crippen LogP contribution in [0, 0.1) is 0 Å². The van der Waals surface area contributed by atoms with Crippen LogP contribution in [0.2, 0.25) is 0 Å². The first-order chi connectivity index (χ1) is 20.4. The van der Waals surface area contributed by atoms with E-state index in [-0.39, 0.29) is 29.6 Å².